The lowest BCUT2D eigenvalue weighted by molar-refractivity contribution is -0.141. The molecule has 2 N–H and O–H groups in total. The lowest BCUT2D eigenvalue weighted by Gasteiger charge is -2.26. The van der Waals surface area contributed by atoms with E-state index in [1.807, 2.05) is 0 Å². The zero-order chi connectivity index (χ0) is 24.7. The number of nitrogens with one attached hydrogen (secondary N) is 2. The second kappa shape index (κ2) is 10.9. The Labute approximate surface area is 194 Å². The summed E-state index contributed by atoms with van der Waals surface area (Å²) < 4.78 is 51.8. The summed E-state index contributed by atoms with van der Waals surface area (Å²) in [6, 6.07) is 15.5. The van der Waals surface area contributed by atoms with Crippen LogP contribution in [-0.4, -0.2) is 17.9 Å². The highest BCUT2D eigenvalue weighted by atomic mass is 19.4. The zero-order valence-corrected chi connectivity index (χ0v) is 18.2. The number of alkyl halides is 3. The van der Waals surface area contributed by atoms with E-state index in [9.17, 15) is 27.6 Å². The second-order valence-electron chi connectivity index (χ2n) is 7.64. The minimum atomic E-state index is -4.52. The number of nitrogens with zero attached hydrogens (tertiary/aromatic N) is 2. The third kappa shape index (κ3) is 6.39. The molecule has 3 aromatic rings. The van der Waals surface area contributed by atoms with Gasteiger partial charge < -0.3 is 5.32 Å². The van der Waals surface area contributed by atoms with Crippen molar-refractivity contribution in [2.45, 2.75) is 31.1 Å². The first-order valence-corrected chi connectivity index (χ1v) is 10.5. The highest BCUT2D eigenvalue weighted by Crippen LogP contribution is 2.28. The minimum Gasteiger partial charge on any atom is -0.358 e. The lowest BCUT2D eigenvalue weighted by Crippen LogP contribution is -2.38. The van der Waals surface area contributed by atoms with Crippen molar-refractivity contribution < 1.29 is 22.4 Å². The summed E-state index contributed by atoms with van der Waals surface area (Å²) in [5.74, 6) is -0.781. The topological polar surface area (TPSA) is 77.8 Å². The average molecular weight is 470 g/mol. The number of hydrogen-bond donors (Lipinski definition) is 2. The Balaban J connectivity index is 1.89. The van der Waals surface area contributed by atoms with E-state index in [1.165, 1.54) is 43.6 Å². The standard InChI is InChI=1S/C25H22F4N4O/c1-31-24(34)23(18-7-9-20(26)10-8-18)33-21(19-4-2-3-17(13-19)14-30)11-5-16-6-12-22(32-15-16)25(27,28)29/h2-4,6-10,12-13,15,21,23,33H,5,11H2,1H3,(H,31,34)/t21-,23-/m0/s1. The summed E-state index contributed by atoms with van der Waals surface area (Å²) in [5.41, 5.74) is 1.32. The number of amides is 1. The van der Waals surface area contributed by atoms with E-state index in [0.717, 1.165) is 11.6 Å². The van der Waals surface area contributed by atoms with Crippen molar-refractivity contribution >= 4 is 5.91 Å². The van der Waals surface area contributed by atoms with Crippen LogP contribution in [0.1, 0.15) is 46.5 Å². The van der Waals surface area contributed by atoms with Crippen LogP contribution in [0.15, 0.2) is 66.9 Å². The Kier molecular flexibility index (Phi) is 7.97. The Morgan fingerprint density at radius 1 is 1.09 bits per heavy atom. The molecule has 3 rings (SSSR count). The van der Waals surface area contributed by atoms with Gasteiger partial charge in [0.05, 0.1) is 11.6 Å². The van der Waals surface area contributed by atoms with E-state index in [2.05, 4.69) is 21.7 Å². The summed E-state index contributed by atoms with van der Waals surface area (Å²) >= 11 is 0. The Bertz CT molecular complexity index is 1160. The van der Waals surface area contributed by atoms with Crippen LogP contribution < -0.4 is 10.6 Å². The fraction of sp³-hybridized carbons (Fsp3) is 0.240. The first-order valence-electron chi connectivity index (χ1n) is 10.5. The number of likely N-dealkylation sites (N-methyl/N-ethyl adjacent to an activating group) is 1. The molecule has 0 bridgehead atoms. The molecule has 0 spiro atoms. The van der Waals surface area contributed by atoms with Gasteiger partial charge in [-0.25, -0.2) is 4.39 Å². The van der Waals surface area contributed by atoms with Crippen molar-refractivity contribution in [3.05, 3.63) is 101 Å². The van der Waals surface area contributed by atoms with E-state index in [4.69, 9.17) is 0 Å². The van der Waals surface area contributed by atoms with Crippen LogP contribution in [-0.2, 0) is 17.4 Å². The van der Waals surface area contributed by atoms with Crippen molar-refractivity contribution in [1.82, 2.24) is 15.6 Å². The number of halogens is 4. The molecule has 176 valence electrons. The molecule has 0 saturated heterocycles. The normalized spacial score (nSPS) is 13.1. The van der Waals surface area contributed by atoms with Gasteiger partial charge in [0.2, 0.25) is 5.91 Å². The molecule has 0 saturated carbocycles. The summed E-state index contributed by atoms with van der Waals surface area (Å²) in [5, 5.41) is 15.1. The molecule has 2 atom stereocenters. The minimum absolute atomic E-state index is 0.343. The van der Waals surface area contributed by atoms with E-state index in [1.54, 1.807) is 24.3 Å². The quantitative estimate of drug-likeness (QED) is 0.461. The molecular formula is C25H22F4N4O. The van der Waals surface area contributed by atoms with Gasteiger partial charge in [-0.2, -0.15) is 18.4 Å². The number of benzene rings is 2. The molecular weight excluding hydrogens is 448 g/mol. The Morgan fingerprint density at radius 2 is 1.82 bits per heavy atom. The lowest BCUT2D eigenvalue weighted by atomic mass is 9.95. The van der Waals surface area contributed by atoms with Gasteiger partial charge in [0.25, 0.3) is 0 Å². The van der Waals surface area contributed by atoms with Crippen LogP contribution in [0.25, 0.3) is 0 Å². The molecule has 34 heavy (non-hydrogen) atoms. The summed E-state index contributed by atoms with van der Waals surface area (Å²) in [7, 11) is 1.49. The third-order valence-electron chi connectivity index (χ3n) is 5.33. The molecule has 0 aliphatic heterocycles. The average Bonchev–Trinajstić information content (AvgIpc) is 2.84. The third-order valence-corrected chi connectivity index (χ3v) is 5.33. The SMILES string of the molecule is CNC(=O)[C@@H](N[C@@H](CCc1ccc(C(F)(F)F)nc1)c1cccc(C#N)c1)c1ccc(F)cc1. The number of pyridine rings is 1. The number of carbonyl (C=O) groups is 1. The van der Waals surface area contributed by atoms with Crippen LogP contribution in [0.4, 0.5) is 17.6 Å². The maximum absolute atomic E-state index is 13.4. The number of nitriles is 1. The van der Waals surface area contributed by atoms with Crippen LogP contribution in [0.2, 0.25) is 0 Å². The highest BCUT2D eigenvalue weighted by molar-refractivity contribution is 5.83. The summed E-state index contributed by atoms with van der Waals surface area (Å²) in [4.78, 5) is 16.2. The molecule has 0 aliphatic carbocycles. The number of carbonyl (C=O) groups excluding carboxylic acids is 1. The van der Waals surface area contributed by atoms with Crippen molar-refractivity contribution in [3.8, 4) is 6.07 Å². The zero-order valence-electron chi connectivity index (χ0n) is 18.2. The molecule has 0 radical (unpaired) electrons. The molecule has 0 unspecified atom stereocenters. The first-order chi connectivity index (χ1) is 16.2. The van der Waals surface area contributed by atoms with Crippen LogP contribution in [0.3, 0.4) is 0 Å². The Hall–Kier alpha value is -3.77. The number of aryl methyl sites for hydroxylation is 1. The van der Waals surface area contributed by atoms with Gasteiger partial charge in [0.15, 0.2) is 0 Å². The summed E-state index contributed by atoms with van der Waals surface area (Å²) in [6.45, 7) is 0. The van der Waals surface area contributed by atoms with Gasteiger partial charge in [-0.1, -0.05) is 30.3 Å². The van der Waals surface area contributed by atoms with Gasteiger partial charge in [-0.15, -0.1) is 0 Å². The molecule has 1 amide bonds. The van der Waals surface area contributed by atoms with Gasteiger partial charge in [-0.05, 0) is 59.9 Å². The van der Waals surface area contributed by atoms with E-state index < -0.39 is 29.8 Å². The first kappa shape index (κ1) is 24.9. The molecule has 2 aromatic carbocycles. The maximum atomic E-state index is 13.4. The predicted octanol–water partition coefficient (Wildman–Crippen LogP) is 4.86. The van der Waals surface area contributed by atoms with Crippen molar-refractivity contribution in [2.24, 2.45) is 0 Å². The molecule has 1 aromatic heterocycles. The van der Waals surface area contributed by atoms with Crippen LogP contribution >= 0.6 is 0 Å². The van der Waals surface area contributed by atoms with Crippen LogP contribution in [0, 0.1) is 17.1 Å². The van der Waals surface area contributed by atoms with E-state index >= 15 is 0 Å². The smallest absolute Gasteiger partial charge is 0.358 e. The monoisotopic (exact) mass is 470 g/mol. The maximum Gasteiger partial charge on any atom is 0.433 e. The van der Waals surface area contributed by atoms with Crippen molar-refractivity contribution in [3.63, 3.8) is 0 Å². The van der Waals surface area contributed by atoms with Gasteiger partial charge in [-0.3, -0.25) is 15.1 Å². The highest BCUT2D eigenvalue weighted by Gasteiger charge is 2.32. The number of rotatable bonds is 8. The largest absolute Gasteiger partial charge is 0.433 e. The predicted molar refractivity (Wildman–Crippen MR) is 118 cm³/mol. The van der Waals surface area contributed by atoms with Crippen LogP contribution in [0.5, 0.6) is 0 Å². The second-order valence-corrected chi connectivity index (χ2v) is 7.64. The van der Waals surface area contributed by atoms with Gasteiger partial charge in [0, 0.05) is 19.3 Å². The number of hydrogen-bond acceptors (Lipinski definition) is 4. The molecule has 1 heterocycles. The molecule has 5 nitrogen and oxygen atoms in total. The summed E-state index contributed by atoms with van der Waals surface area (Å²) in [6.07, 6.45) is -2.57. The molecule has 0 fully saturated rings. The fourth-order valence-electron chi connectivity index (χ4n) is 3.55. The molecule has 0 aliphatic rings. The van der Waals surface area contributed by atoms with Crippen molar-refractivity contribution in [2.75, 3.05) is 7.05 Å². The van der Waals surface area contributed by atoms with E-state index in [-0.39, 0.29) is 5.91 Å². The van der Waals surface area contributed by atoms with Gasteiger partial charge in [0.1, 0.15) is 17.6 Å². The van der Waals surface area contributed by atoms with Gasteiger partial charge >= 0.3 is 6.18 Å². The molecule has 9 heteroatoms. The Morgan fingerprint density at radius 3 is 2.41 bits per heavy atom. The fourth-order valence-corrected chi connectivity index (χ4v) is 3.55. The number of aromatic nitrogens is 1. The van der Waals surface area contributed by atoms with E-state index in [0.29, 0.717) is 29.5 Å². The van der Waals surface area contributed by atoms with Crippen molar-refractivity contribution in [1.29, 1.82) is 5.26 Å².